The Kier molecular flexibility index (Phi) is 8.89. The van der Waals surface area contributed by atoms with Gasteiger partial charge in [-0.15, -0.1) is 5.06 Å². The molecule has 3 nitrogen and oxygen atoms in total. The summed E-state index contributed by atoms with van der Waals surface area (Å²) in [4.78, 5) is 17.4. The molecular formula is C16H26LiNO2. The second-order valence-corrected chi connectivity index (χ2v) is 5.53. The first-order chi connectivity index (χ1) is 8.91. The molecule has 0 amide bonds. The number of hydrogen-bond acceptors (Lipinski definition) is 3. The fourth-order valence-corrected chi connectivity index (χ4v) is 2.11. The van der Waals surface area contributed by atoms with E-state index in [-0.39, 0.29) is 44.3 Å². The predicted molar refractivity (Wildman–Crippen MR) is 78.8 cm³/mol. The van der Waals surface area contributed by atoms with Gasteiger partial charge in [-0.2, -0.15) is 0 Å². The third kappa shape index (κ3) is 6.13. The van der Waals surface area contributed by atoms with Crippen molar-refractivity contribution < 1.29 is 29.9 Å². The molecule has 108 valence electrons. The average Bonchev–Trinajstić information content (AvgIpc) is 2.36. The molecular weight excluding hydrogens is 245 g/mol. The SMILES string of the molecule is CC(CC(=O)ON(C(C)C)C(C)C)c1ccccc1.[H-].[Li+]. The molecule has 0 N–H and O–H groups in total. The van der Waals surface area contributed by atoms with Crippen molar-refractivity contribution >= 4 is 5.97 Å². The number of carbonyl (C=O) groups is 1. The summed E-state index contributed by atoms with van der Waals surface area (Å²) in [6.07, 6.45) is 0.403. The summed E-state index contributed by atoms with van der Waals surface area (Å²) >= 11 is 0. The Morgan fingerprint density at radius 1 is 1.10 bits per heavy atom. The molecule has 0 saturated carbocycles. The van der Waals surface area contributed by atoms with E-state index in [1.54, 1.807) is 5.06 Å². The van der Waals surface area contributed by atoms with Crippen LogP contribution in [-0.2, 0) is 9.63 Å². The third-order valence-electron chi connectivity index (χ3n) is 3.07. The van der Waals surface area contributed by atoms with Crippen LogP contribution in [0.3, 0.4) is 0 Å². The van der Waals surface area contributed by atoms with E-state index < -0.39 is 0 Å². The van der Waals surface area contributed by atoms with Crippen molar-refractivity contribution in [1.29, 1.82) is 0 Å². The van der Waals surface area contributed by atoms with E-state index in [0.29, 0.717) is 6.42 Å². The number of rotatable bonds is 6. The van der Waals surface area contributed by atoms with Crippen molar-refractivity contribution in [2.75, 3.05) is 0 Å². The van der Waals surface area contributed by atoms with Crippen LogP contribution in [0, 0.1) is 0 Å². The van der Waals surface area contributed by atoms with Crippen molar-refractivity contribution in [1.82, 2.24) is 5.06 Å². The van der Waals surface area contributed by atoms with Crippen LogP contribution in [-0.4, -0.2) is 23.1 Å². The molecule has 0 bridgehead atoms. The molecule has 1 aromatic carbocycles. The fourth-order valence-electron chi connectivity index (χ4n) is 2.11. The van der Waals surface area contributed by atoms with E-state index in [4.69, 9.17) is 4.84 Å². The number of benzene rings is 1. The van der Waals surface area contributed by atoms with Gasteiger partial charge >= 0.3 is 24.8 Å². The molecule has 0 aliphatic carbocycles. The first-order valence-electron chi connectivity index (χ1n) is 6.96. The molecule has 0 fully saturated rings. The van der Waals surface area contributed by atoms with Crippen molar-refractivity contribution in [3.63, 3.8) is 0 Å². The second kappa shape index (κ2) is 9.23. The van der Waals surface area contributed by atoms with Crippen LogP contribution in [0.15, 0.2) is 30.3 Å². The molecule has 20 heavy (non-hydrogen) atoms. The molecule has 1 unspecified atom stereocenters. The van der Waals surface area contributed by atoms with Gasteiger partial charge in [0.15, 0.2) is 0 Å². The molecule has 4 heteroatoms. The molecule has 0 aromatic heterocycles. The summed E-state index contributed by atoms with van der Waals surface area (Å²) < 4.78 is 0. The maximum atomic E-state index is 12.0. The molecule has 1 aromatic rings. The Balaban J connectivity index is 0. The van der Waals surface area contributed by atoms with Crippen LogP contribution in [0.2, 0.25) is 0 Å². The van der Waals surface area contributed by atoms with Gasteiger partial charge in [-0.3, -0.25) is 4.79 Å². The van der Waals surface area contributed by atoms with E-state index >= 15 is 0 Å². The zero-order valence-corrected chi connectivity index (χ0v) is 13.6. The van der Waals surface area contributed by atoms with Gasteiger partial charge in [-0.05, 0) is 39.2 Å². The molecule has 0 heterocycles. The standard InChI is InChI=1S/C16H25NO2.Li.H/c1-12(2)17(13(3)4)19-16(18)11-14(5)15-9-7-6-8-10-15;;/h6-10,12-14H,11H2,1-5H3;;/q;+1;-1. The fraction of sp³-hybridized carbons (Fsp3) is 0.562. The zero-order chi connectivity index (χ0) is 14.4. The largest absolute Gasteiger partial charge is 1.00 e. The summed E-state index contributed by atoms with van der Waals surface area (Å²) in [6, 6.07) is 10.4. The molecule has 0 spiro atoms. The van der Waals surface area contributed by atoms with Gasteiger partial charge in [0.25, 0.3) is 0 Å². The molecule has 1 rings (SSSR count). The number of hydroxylamine groups is 2. The summed E-state index contributed by atoms with van der Waals surface area (Å²) in [5, 5.41) is 1.75. The van der Waals surface area contributed by atoms with Crippen LogP contribution < -0.4 is 18.9 Å². The van der Waals surface area contributed by atoms with Crippen LogP contribution >= 0.6 is 0 Å². The molecule has 0 aliphatic rings. The molecule has 0 radical (unpaired) electrons. The average molecular weight is 271 g/mol. The first kappa shape index (κ1) is 19.2. The maximum absolute atomic E-state index is 12.0. The first-order valence-corrected chi connectivity index (χ1v) is 6.96. The van der Waals surface area contributed by atoms with Gasteiger partial charge in [0.05, 0.1) is 6.42 Å². The van der Waals surface area contributed by atoms with Gasteiger partial charge in [0, 0.05) is 12.1 Å². The summed E-state index contributed by atoms with van der Waals surface area (Å²) in [7, 11) is 0. The second-order valence-electron chi connectivity index (χ2n) is 5.53. The van der Waals surface area contributed by atoms with Gasteiger partial charge in [-0.25, -0.2) is 0 Å². The van der Waals surface area contributed by atoms with E-state index in [1.807, 2.05) is 65.0 Å². The van der Waals surface area contributed by atoms with Crippen molar-refractivity contribution in [3.8, 4) is 0 Å². The minimum absolute atomic E-state index is 0. The Hall–Kier alpha value is -0.753. The summed E-state index contributed by atoms with van der Waals surface area (Å²) in [5.74, 6) is 0.00799. The van der Waals surface area contributed by atoms with E-state index in [0.717, 1.165) is 0 Å². The molecule has 0 aliphatic heterocycles. The minimum Gasteiger partial charge on any atom is -1.00 e. The topological polar surface area (TPSA) is 29.5 Å². The van der Waals surface area contributed by atoms with Crippen LogP contribution in [0.4, 0.5) is 0 Å². The van der Waals surface area contributed by atoms with E-state index in [9.17, 15) is 4.79 Å². The number of hydrogen-bond donors (Lipinski definition) is 0. The summed E-state index contributed by atoms with van der Waals surface area (Å²) in [5.41, 5.74) is 1.17. The molecule has 1 atom stereocenters. The Bertz CT molecular complexity index is 391. The van der Waals surface area contributed by atoms with E-state index in [1.165, 1.54) is 5.56 Å². The normalized spacial score (nSPS) is 12.4. The monoisotopic (exact) mass is 271 g/mol. The maximum Gasteiger partial charge on any atom is 1.00 e. The Morgan fingerprint density at radius 2 is 1.60 bits per heavy atom. The van der Waals surface area contributed by atoms with Gasteiger partial charge in [-0.1, -0.05) is 37.3 Å². The minimum atomic E-state index is -0.168. The number of nitrogens with zero attached hydrogens (tertiary/aromatic N) is 1. The number of carbonyl (C=O) groups excluding carboxylic acids is 1. The van der Waals surface area contributed by atoms with Crippen LogP contribution in [0.1, 0.15) is 53.9 Å². The zero-order valence-electron chi connectivity index (χ0n) is 14.6. The molecule has 0 saturated heterocycles. The Labute approximate surface area is 136 Å². The van der Waals surface area contributed by atoms with Crippen molar-refractivity contribution in [3.05, 3.63) is 35.9 Å². The van der Waals surface area contributed by atoms with Crippen LogP contribution in [0.5, 0.6) is 0 Å². The van der Waals surface area contributed by atoms with Crippen molar-refractivity contribution in [2.24, 2.45) is 0 Å². The quantitative estimate of drug-likeness (QED) is 0.568. The van der Waals surface area contributed by atoms with E-state index in [2.05, 4.69) is 0 Å². The Morgan fingerprint density at radius 3 is 2.05 bits per heavy atom. The van der Waals surface area contributed by atoms with Crippen molar-refractivity contribution in [2.45, 2.75) is 59.0 Å². The predicted octanol–water partition coefficient (Wildman–Crippen LogP) is 0.874. The summed E-state index contributed by atoms with van der Waals surface area (Å²) in [6.45, 7) is 10.1. The van der Waals surface area contributed by atoms with Gasteiger partial charge in [0.1, 0.15) is 0 Å². The smallest absolute Gasteiger partial charge is 1.00 e. The van der Waals surface area contributed by atoms with Gasteiger partial charge < -0.3 is 6.26 Å². The van der Waals surface area contributed by atoms with Gasteiger partial charge in [0.2, 0.25) is 0 Å². The third-order valence-corrected chi connectivity index (χ3v) is 3.07. The van der Waals surface area contributed by atoms with Crippen LogP contribution in [0.25, 0.3) is 0 Å².